The molecular formula is C16H28N4. The van der Waals surface area contributed by atoms with Gasteiger partial charge in [0.1, 0.15) is 5.82 Å². The molecule has 1 aromatic heterocycles. The van der Waals surface area contributed by atoms with Gasteiger partial charge in [0.2, 0.25) is 0 Å². The van der Waals surface area contributed by atoms with E-state index in [0.717, 1.165) is 38.4 Å². The highest BCUT2D eigenvalue weighted by molar-refractivity contribution is 5.40. The smallest absolute Gasteiger partial charge is 0.128 e. The van der Waals surface area contributed by atoms with Gasteiger partial charge in [-0.15, -0.1) is 0 Å². The Morgan fingerprint density at radius 2 is 2.10 bits per heavy atom. The minimum Gasteiger partial charge on any atom is -0.355 e. The normalized spacial score (nSPS) is 18.9. The van der Waals surface area contributed by atoms with Crippen LogP contribution in [0.1, 0.15) is 38.3 Å². The van der Waals surface area contributed by atoms with Gasteiger partial charge >= 0.3 is 0 Å². The summed E-state index contributed by atoms with van der Waals surface area (Å²) >= 11 is 0. The summed E-state index contributed by atoms with van der Waals surface area (Å²) in [5.74, 6) is 1.12. The fourth-order valence-electron chi connectivity index (χ4n) is 2.60. The first-order valence-corrected chi connectivity index (χ1v) is 7.83. The Morgan fingerprint density at radius 3 is 2.80 bits per heavy atom. The molecule has 112 valence electrons. The SMILES string of the molecule is CCCNC(C)c1ccc(N2CCCN(C)CC2)nc1. The van der Waals surface area contributed by atoms with Crippen LogP contribution in [0.3, 0.4) is 0 Å². The highest BCUT2D eigenvalue weighted by atomic mass is 15.2. The monoisotopic (exact) mass is 276 g/mol. The zero-order valence-electron chi connectivity index (χ0n) is 13.1. The van der Waals surface area contributed by atoms with Crippen LogP contribution in [0.15, 0.2) is 18.3 Å². The molecule has 0 radical (unpaired) electrons. The van der Waals surface area contributed by atoms with Crippen LogP contribution in [0.25, 0.3) is 0 Å². The Balaban J connectivity index is 1.96. The third-order valence-electron chi connectivity index (χ3n) is 4.01. The molecule has 0 spiro atoms. The lowest BCUT2D eigenvalue weighted by molar-refractivity contribution is 0.360. The van der Waals surface area contributed by atoms with Gasteiger partial charge in [0, 0.05) is 31.9 Å². The maximum Gasteiger partial charge on any atom is 0.128 e. The summed E-state index contributed by atoms with van der Waals surface area (Å²) < 4.78 is 0. The molecule has 1 unspecified atom stereocenters. The minimum absolute atomic E-state index is 0.381. The number of hydrogen-bond donors (Lipinski definition) is 1. The van der Waals surface area contributed by atoms with Crippen molar-refractivity contribution in [3.63, 3.8) is 0 Å². The predicted octanol–water partition coefficient (Wildman–Crippen LogP) is 2.28. The maximum atomic E-state index is 4.67. The molecule has 0 aromatic carbocycles. The fraction of sp³-hybridized carbons (Fsp3) is 0.688. The van der Waals surface area contributed by atoms with Crippen molar-refractivity contribution in [2.75, 3.05) is 44.7 Å². The summed E-state index contributed by atoms with van der Waals surface area (Å²) in [5.41, 5.74) is 1.27. The molecule has 0 bridgehead atoms. The average Bonchev–Trinajstić information content (AvgIpc) is 2.70. The third kappa shape index (κ3) is 4.18. The topological polar surface area (TPSA) is 31.4 Å². The van der Waals surface area contributed by atoms with Gasteiger partial charge in [0.25, 0.3) is 0 Å². The van der Waals surface area contributed by atoms with Crippen LogP contribution in [0.5, 0.6) is 0 Å². The van der Waals surface area contributed by atoms with E-state index >= 15 is 0 Å². The first-order chi connectivity index (χ1) is 9.70. The highest BCUT2D eigenvalue weighted by Crippen LogP contribution is 2.17. The van der Waals surface area contributed by atoms with Crippen molar-refractivity contribution in [3.8, 4) is 0 Å². The number of nitrogens with one attached hydrogen (secondary N) is 1. The molecule has 0 amide bonds. The van der Waals surface area contributed by atoms with Crippen molar-refractivity contribution in [3.05, 3.63) is 23.9 Å². The summed E-state index contributed by atoms with van der Waals surface area (Å²) in [6, 6.07) is 4.77. The molecular weight excluding hydrogens is 248 g/mol. The molecule has 1 saturated heterocycles. The summed E-state index contributed by atoms with van der Waals surface area (Å²) in [4.78, 5) is 9.46. The second kappa shape index (κ2) is 7.60. The molecule has 20 heavy (non-hydrogen) atoms. The Kier molecular flexibility index (Phi) is 5.80. The minimum atomic E-state index is 0.381. The van der Waals surface area contributed by atoms with Gasteiger partial charge in [-0.05, 0) is 51.5 Å². The second-order valence-corrected chi connectivity index (χ2v) is 5.77. The summed E-state index contributed by atoms with van der Waals surface area (Å²) in [5, 5.41) is 3.50. The number of pyridine rings is 1. The second-order valence-electron chi connectivity index (χ2n) is 5.77. The zero-order chi connectivity index (χ0) is 14.4. The van der Waals surface area contributed by atoms with Crippen LogP contribution in [0, 0.1) is 0 Å². The van der Waals surface area contributed by atoms with Gasteiger partial charge < -0.3 is 15.1 Å². The lowest BCUT2D eigenvalue weighted by Gasteiger charge is -2.22. The first kappa shape index (κ1) is 15.3. The first-order valence-electron chi connectivity index (χ1n) is 7.83. The quantitative estimate of drug-likeness (QED) is 0.894. The van der Waals surface area contributed by atoms with Crippen molar-refractivity contribution >= 4 is 5.82 Å². The number of hydrogen-bond acceptors (Lipinski definition) is 4. The van der Waals surface area contributed by atoms with Crippen molar-refractivity contribution in [1.29, 1.82) is 0 Å². The van der Waals surface area contributed by atoms with Crippen LogP contribution in [0.2, 0.25) is 0 Å². The lowest BCUT2D eigenvalue weighted by atomic mass is 10.1. The summed E-state index contributed by atoms with van der Waals surface area (Å²) in [6.45, 7) is 9.95. The van der Waals surface area contributed by atoms with E-state index in [1.807, 2.05) is 6.20 Å². The van der Waals surface area contributed by atoms with Crippen LogP contribution in [0.4, 0.5) is 5.82 Å². The predicted molar refractivity (Wildman–Crippen MR) is 85.3 cm³/mol. The van der Waals surface area contributed by atoms with E-state index in [9.17, 15) is 0 Å². The molecule has 4 nitrogen and oxygen atoms in total. The third-order valence-corrected chi connectivity index (χ3v) is 4.01. The number of likely N-dealkylation sites (N-methyl/N-ethyl adjacent to an activating group) is 1. The highest BCUT2D eigenvalue weighted by Gasteiger charge is 2.14. The van der Waals surface area contributed by atoms with Crippen LogP contribution < -0.4 is 10.2 Å². The van der Waals surface area contributed by atoms with E-state index in [-0.39, 0.29) is 0 Å². The lowest BCUT2D eigenvalue weighted by Crippen LogP contribution is -2.29. The number of nitrogens with zero attached hydrogens (tertiary/aromatic N) is 3. The molecule has 1 aliphatic rings. The van der Waals surface area contributed by atoms with Gasteiger partial charge in [0.05, 0.1) is 0 Å². The molecule has 0 saturated carbocycles. The molecule has 1 aromatic rings. The summed E-state index contributed by atoms with van der Waals surface area (Å²) in [6.07, 6.45) is 4.41. The summed E-state index contributed by atoms with van der Waals surface area (Å²) in [7, 11) is 2.20. The largest absolute Gasteiger partial charge is 0.355 e. The van der Waals surface area contributed by atoms with Crippen molar-refractivity contribution in [2.45, 2.75) is 32.7 Å². The molecule has 1 atom stereocenters. The fourth-order valence-corrected chi connectivity index (χ4v) is 2.60. The van der Waals surface area contributed by atoms with Gasteiger partial charge in [-0.3, -0.25) is 0 Å². The van der Waals surface area contributed by atoms with E-state index in [1.54, 1.807) is 0 Å². The Hall–Kier alpha value is -1.13. The van der Waals surface area contributed by atoms with E-state index in [1.165, 1.54) is 18.5 Å². The Bertz CT molecular complexity index is 390. The number of anilines is 1. The standard InChI is InChI=1S/C16H28N4/c1-4-8-17-14(2)15-6-7-16(18-13-15)20-10-5-9-19(3)11-12-20/h6-7,13-14,17H,4-5,8-12H2,1-3H3. The van der Waals surface area contributed by atoms with E-state index in [4.69, 9.17) is 0 Å². The van der Waals surface area contributed by atoms with Gasteiger partial charge in [-0.2, -0.15) is 0 Å². The zero-order valence-corrected chi connectivity index (χ0v) is 13.1. The average molecular weight is 276 g/mol. The van der Waals surface area contributed by atoms with E-state index in [2.05, 4.69) is 53.1 Å². The Morgan fingerprint density at radius 1 is 1.25 bits per heavy atom. The number of rotatable bonds is 5. The van der Waals surface area contributed by atoms with Crippen molar-refractivity contribution < 1.29 is 0 Å². The van der Waals surface area contributed by atoms with Crippen LogP contribution in [-0.4, -0.2) is 49.7 Å². The van der Waals surface area contributed by atoms with E-state index < -0.39 is 0 Å². The van der Waals surface area contributed by atoms with Gasteiger partial charge in [-0.25, -0.2) is 4.98 Å². The molecule has 0 aliphatic carbocycles. The van der Waals surface area contributed by atoms with Gasteiger partial charge in [-0.1, -0.05) is 13.0 Å². The maximum absolute atomic E-state index is 4.67. The van der Waals surface area contributed by atoms with Crippen molar-refractivity contribution in [2.24, 2.45) is 0 Å². The molecule has 4 heteroatoms. The van der Waals surface area contributed by atoms with Crippen molar-refractivity contribution in [1.82, 2.24) is 15.2 Å². The molecule has 1 N–H and O–H groups in total. The number of aromatic nitrogens is 1. The van der Waals surface area contributed by atoms with Gasteiger partial charge in [0.15, 0.2) is 0 Å². The van der Waals surface area contributed by atoms with Crippen LogP contribution in [-0.2, 0) is 0 Å². The molecule has 1 aliphatic heterocycles. The Labute approximate surface area is 123 Å². The molecule has 1 fully saturated rings. The molecule has 2 heterocycles. The van der Waals surface area contributed by atoms with E-state index in [0.29, 0.717) is 6.04 Å². The molecule has 2 rings (SSSR count). The van der Waals surface area contributed by atoms with Crippen LogP contribution >= 0.6 is 0 Å².